The smallest absolute Gasteiger partial charge is 0.332 e. The van der Waals surface area contributed by atoms with Crippen molar-refractivity contribution in [3.63, 3.8) is 0 Å². The van der Waals surface area contributed by atoms with E-state index in [1.165, 1.54) is 4.90 Å². The maximum absolute atomic E-state index is 12.9. The normalized spacial score (nSPS) is 21.0. The largest absolute Gasteiger partial charge is 0.493 e. The van der Waals surface area contributed by atoms with Crippen LogP contribution in [-0.2, 0) is 9.59 Å². The number of benzene rings is 2. The summed E-state index contributed by atoms with van der Waals surface area (Å²) in [6, 6.07) is 13.6. The number of hydrogen-bond donors (Lipinski definition) is 1. The summed E-state index contributed by atoms with van der Waals surface area (Å²) in [5.41, 5.74) is 2.61. The van der Waals surface area contributed by atoms with Crippen LogP contribution >= 0.6 is 0 Å². The summed E-state index contributed by atoms with van der Waals surface area (Å²) in [6.45, 7) is 3.83. The predicted octanol–water partition coefficient (Wildman–Crippen LogP) is 2.79. The van der Waals surface area contributed by atoms with Crippen LogP contribution in [0.4, 0.5) is 10.5 Å². The molecule has 0 saturated carbocycles. The van der Waals surface area contributed by atoms with E-state index in [0.29, 0.717) is 18.7 Å². The Morgan fingerprint density at radius 1 is 1.14 bits per heavy atom. The second-order valence-corrected chi connectivity index (χ2v) is 7.38. The summed E-state index contributed by atoms with van der Waals surface area (Å²) in [5.74, 6) is 0.000931. The molecule has 2 aliphatic heterocycles. The molecular weight excluding hydrogens is 370 g/mol. The number of nitrogens with zero attached hydrogens (tertiary/aromatic N) is 2. The Balaban J connectivity index is 1.47. The first-order valence-corrected chi connectivity index (χ1v) is 9.68. The van der Waals surface area contributed by atoms with Crippen molar-refractivity contribution < 1.29 is 19.1 Å². The predicted molar refractivity (Wildman–Crippen MR) is 108 cm³/mol. The van der Waals surface area contributed by atoms with Gasteiger partial charge in [0.05, 0.1) is 12.6 Å². The first-order chi connectivity index (χ1) is 14.0. The summed E-state index contributed by atoms with van der Waals surface area (Å²) in [7, 11) is 0. The minimum Gasteiger partial charge on any atom is -0.493 e. The SMILES string of the molecule is Cc1ccc(N2C(=O)N(CC(=O)NC3CCOc4ccccc43)C(=O)C2C)cc1. The molecule has 0 radical (unpaired) electrons. The van der Waals surface area contributed by atoms with Crippen molar-refractivity contribution in [2.24, 2.45) is 0 Å². The Morgan fingerprint density at radius 2 is 1.86 bits per heavy atom. The molecule has 7 heteroatoms. The van der Waals surface area contributed by atoms with Gasteiger partial charge in [0.15, 0.2) is 0 Å². The van der Waals surface area contributed by atoms with Crippen LogP contribution in [-0.4, -0.2) is 41.9 Å². The van der Waals surface area contributed by atoms with Crippen LogP contribution in [0.15, 0.2) is 48.5 Å². The molecular formula is C22H23N3O4. The highest BCUT2D eigenvalue weighted by Gasteiger charge is 2.44. The van der Waals surface area contributed by atoms with E-state index in [0.717, 1.165) is 21.8 Å². The number of carbonyl (C=O) groups excluding carboxylic acids is 3. The van der Waals surface area contributed by atoms with Crippen molar-refractivity contribution in [1.29, 1.82) is 0 Å². The topological polar surface area (TPSA) is 79.0 Å². The average molecular weight is 393 g/mol. The van der Waals surface area contributed by atoms with Crippen LogP contribution < -0.4 is 15.0 Å². The summed E-state index contributed by atoms with van der Waals surface area (Å²) >= 11 is 0. The number of amides is 4. The monoisotopic (exact) mass is 393 g/mol. The van der Waals surface area contributed by atoms with E-state index < -0.39 is 12.1 Å². The molecule has 0 aromatic heterocycles. The van der Waals surface area contributed by atoms with Crippen LogP contribution in [0.2, 0.25) is 0 Å². The highest BCUT2D eigenvalue weighted by atomic mass is 16.5. The number of anilines is 1. The molecule has 2 aliphatic rings. The van der Waals surface area contributed by atoms with E-state index in [1.54, 1.807) is 19.1 Å². The van der Waals surface area contributed by atoms with E-state index >= 15 is 0 Å². The Kier molecular flexibility index (Phi) is 4.96. The second-order valence-electron chi connectivity index (χ2n) is 7.38. The third-order valence-corrected chi connectivity index (χ3v) is 5.36. The number of urea groups is 1. The summed E-state index contributed by atoms with van der Waals surface area (Å²) < 4.78 is 5.61. The van der Waals surface area contributed by atoms with Gasteiger partial charge < -0.3 is 10.1 Å². The maximum atomic E-state index is 12.9. The summed E-state index contributed by atoms with van der Waals surface area (Å²) in [5, 5.41) is 2.94. The van der Waals surface area contributed by atoms with Crippen molar-refractivity contribution in [2.75, 3.05) is 18.1 Å². The van der Waals surface area contributed by atoms with Gasteiger partial charge in [-0.3, -0.25) is 19.4 Å². The molecule has 29 heavy (non-hydrogen) atoms. The number of para-hydroxylation sites is 1. The fourth-order valence-electron chi connectivity index (χ4n) is 3.79. The molecule has 0 bridgehead atoms. The number of imide groups is 1. The van der Waals surface area contributed by atoms with Crippen LogP contribution in [0.5, 0.6) is 5.75 Å². The zero-order chi connectivity index (χ0) is 20.5. The lowest BCUT2D eigenvalue weighted by atomic mass is 10.0. The third-order valence-electron chi connectivity index (χ3n) is 5.36. The fourth-order valence-corrected chi connectivity index (χ4v) is 3.79. The molecule has 1 fully saturated rings. The second kappa shape index (κ2) is 7.58. The molecule has 2 heterocycles. The minimum atomic E-state index is -0.651. The molecule has 1 N–H and O–H groups in total. The van der Waals surface area contributed by atoms with E-state index in [4.69, 9.17) is 4.74 Å². The first-order valence-electron chi connectivity index (χ1n) is 9.68. The van der Waals surface area contributed by atoms with Crippen molar-refractivity contribution >= 4 is 23.5 Å². The molecule has 0 spiro atoms. The number of carbonyl (C=O) groups is 3. The van der Waals surface area contributed by atoms with Crippen LogP contribution in [0.3, 0.4) is 0 Å². The van der Waals surface area contributed by atoms with Crippen molar-refractivity contribution in [1.82, 2.24) is 10.2 Å². The zero-order valence-electron chi connectivity index (χ0n) is 16.4. The number of rotatable bonds is 4. The highest BCUT2D eigenvalue weighted by Crippen LogP contribution is 2.31. The van der Waals surface area contributed by atoms with E-state index in [2.05, 4.69) is 5.32 Å². The van der Waals surface area contributed by atoms with Gasteiger partial charge in [-0.25, -0.2) is 4.79 Å². The molecule has 4 amide bonds. The lowest BCUT2D eigenvalue weighted by molar-refractivity contribution is -0.132. The average Bonchev–Trinajstić information content (AvgIpc) is 2.92. The molecule has 2 aromatic carbocycles. The number of fused-ring (bicyclic) bond motifs is 1. The molecule has 1 saturated heterocycles. The molecule has 2 unspecified atom stereocenters. The van der Waals surface area contributed by atoms with Gasteiger partial charge in [-0.15, -0.1) is 0 Å². The van der Waals surface area contributed by atoms with Gasteiger partial charge in [-0.05, 0) is 32.0 Å². The third kappa shape index (κ3) is 3.55. The van der Waals surface area contributed by atoms with Gasteiger partial charge >= 0.3 is 6.03 Å². The van der Waals surface area contributed by atoms with E-state index in [-0.39, 0.29) is 24.4 Å². The zero-order valence-corrected chi connectivity index (χ0v) is 16.4. The van der Waals surface area contributed by atoms with Crippen LogP contribution in [0, 0.1) is 6.92 Å². The quantitative estimate of drug-likeness (QED) is 0.810. The van der Waals surface area contributed by atoms with Crippen LogP contribution in [0.25, 0.3) is 0 Å². The fraction of sp³-hybridized carbons (Fsp3) is 0.318. The highest BCUT2D eigenvalue weighted by molar-refractivity contribution is 6.15. The van der Waals surface area contributed by atoms with Gasteiger partial charge in [0.2, 0.25) is 5.91 Å². The number of nitrogens with one attached hydrogen (secondary N) is 1. The van der Waals surface area contributed by atoms with E-state index in [9.17, 15) is 14.4 Å². The summed E-state index contributed by atoms with van der Waals surface area (Å²) in [6.07, 6.45) is 0.635. The maximum Gasteiger partial charge on any atom is 0.332 e. The summed E-state index contributed by atoms with van der Waals surface area (Å²) in [4.78, 5) is 40.6. The Bertz CT molecular complexity index is 957. The van der Waals surface area contributed by atoms with Crippen molar-refractivity contribution in [2.45, 2.75) is 32.4 Å². The number of hydrogen-bond acceptors (Lipinski definition) is 4. The van der Waals surface area contributed by atoms with Crippen molar-refractivity contribution in [3.8, 4) is 5.75 Å². The Labute approximate surface area is 169 Å². The Morgan fingerprint density at radius 3 is 2.62 bits per heavy atom. The molecule has 0 aliphatic carbocycles. The van der Waals surface area contributed by atoms with Gasteiger partial charge in [-0.1, -0.05) is 35.9 Å². The van der Waals surface area contributed by atoms with Crippen molar-refractivity contribution in [3.05, 3.63) is 59.7 Å². The molecule has 7 nitrogen and oxygen atoms in total. The van der Waals surface area contributed by atoms with Gasteiger partial charge in [-0.2, -0.15) is 0 Å². The molecule has 2 aromatic rings. The van der Waals surface area contributed by atoms with Gasteiger partial charge in [0.25, 0.3) is 5.91 Å². The minimum absolute atomic E-state index is 0.203. The lowest BCUT2D eigenvalue weighted by Gasteiger charge is -2.27. The number of ether oxygens (including phenoxy) is 1. The molecule has 4 rings (SSSR count). The Hall–Kier alpha value is -3.35. The van der Waals surface area contributed by atoms with Gasteiger partial charge in [0, 0.05) is 17.7 Å². The standard InChI is InChI=1S/C22H23N3O4/c1-14-7-9-16(10-8-14)25-15(2)21(27)24(22(25)28)13-20(26)23-18-11-12-29-19-6-4-3-5-17(18)19/h3-10,15,18H,11-13H2,1-2H3,(H,23,26). The molecule has 150 valence electrons. The van der Waals surface area contributed by atoms with Gasteiger partial charge in [0.1, 0.15) is 18.3 Å². The van der Waals surface area contributed by atoms with E-state index in [1.807, 2.05) is 43.3 Å². The lowest BCUT2D eigenvalue weighted by Crippen LogP contribution is -2.43. The molecule has 2 atom stereocenters. The number of aryl methyl sites for hydroxylation is 1. The van der Waals surface area contributed by atoms with Crippen LogP contribution in [0.1, 0.15) is 30.5 Å². The first kappa shape index (κ1) is 19.0.